The zero-order valence-corrected chi connectivity index (χ0v) is 14.2. The molecule has 1 aliphatic rings. The molecule has 25 heavy (non-hydrogen) atoms. The molecule has 0 saturated carbocycles. The van der Waals surface area contributed by atoms with Gasteiger partial charge in [0, 0.05) is 17.0 Å². The number of hydrogen-bond acceptors (Lipinski definition) is 2. The van der Waals surface area contributed by atoms with Crippen molar-refractivity contribution < 1.29 is 27.8 Å². The molecule has 1 aromatic carbocycles. The van der Waals surface area contributed by atoms with Crippen molar-refractivity contribution in [3.05, 3.63) is 33.9 Å². The fourth-order valence-electron chi connectivity index (χ4n) is 2.41. The van der Waals surface area contributed by atoms with Gasteiger partial charge in [0.05, 0.1) is 11.1 Å². The van der Waals surface area contributed by atoms with E-state index in [1.54, 1.807) is 0 Å². The van der Waals surface area contributed by atoms with Crippen LogP contribution in [-0.2, 0) is 4.79 Å². The minimum absolute atomic E-state index is 0.0975. The first kappa shape index (κ1) is 19.2. The summed E-state index contributed by atoms with van der Waals surface area (Å²) in [6.07, 6.45) is -2.91. The van der Waals surface area contributed by atoms with Crippen LogP contribution in [-0.4, -0.2) is 23.4 Å². The monoisotopic (exact) mass is 372 g/mol. The lowest BCUT2D eigenvalue weighted by Crippen LogP contribution is -2.40. The molecule has 1 heterocycles. The van der Waals surface area contributed by atoms with Crippen molar-refractivity contribution in [2.75, 3.05) is 0 Å². The minimum Gasteiger partial charge on any atom is -0.478 e. The Bertz CT molecular complexity index is 757. The largest absolute Gasteiger partial charge is 0.478 e. The summed E-state index contributed by atoms with van der Waals surface area (Å²) in [5.41, 5.74) is -0.499. The Morgan fingerprint density at radius 3 is 2.68 bits per heavy atom. The molecular formula is C18H16ClF3O3. The predicted octanol–water partition coefficient (Wildman–Crippen LogP) is 5.06. The van der Waals surface area contributed by atoms with E-state index >= 15 is 0 Å². The summed E-state index contributed by atoms with van der Waals surface area (Å²) in [5.74, 6) is 3.89. The lowest BCUT2D eigenvalue weighted by atomic mass is 9.99. The van der Waals surface area contributed by atoms with Crippen LogP contribution in [0.1, 0.15) is 43.7 Å². The van der Waals surface area contributed by atoms with E-state index in [1.807, 2.05) is 0 Å². The van der Waals surface area contributed by atoms with E-state index in [1.165, 1.54) is 12.1 Å². The molecule has 0 bridgehead atoms. The molecule has 0 aromatic heterocycles. The van der Waals surface area contributed by atoms with Crippen molar-refractivity contribution in [2.45, 2.75) is 44.9 Å². The van der Waals surface area contributed by atoms with Crippen molar-refractivity contribution in [1.82, 2.24) is 0 Å². The van der Waals surface area contributed by atoms with Gasteiger partial charge in [0.25, 0.3) is 0 Å². The number of rotatable bonds is 4. The number of benzene rings is 1. The standard InChI is InChI=1S/C18H16ClF3O3/c1-2-3-4-5-6-7-11-8-13(19)9-12-10-14(17(23)24)16(18(20,21)22)25-15(11)12/h8-10,16H,2-5H2,1H3,(H,23,24)/t16-/m0/s1. The molecule has 0 radical (unpaired) electrons. The molecule has 0 amide bonds. The van der Waals surface area contributed by atoms with Crippen molar-refractivity contribution in [2.24, 2.45) is 0 Å². The van der Waals surface area contributed by atoms with E-state index in [9.17, 15) is 18.0 Å². The van der Waals surface area contributed by atoms with Crippen LogP contribution in [0.25, 0.3) is 6.08 Å². The van der Waals surface area contributed by atoms with Gasteiger partial charge in [-0.15, -0.1) is 0 Å². The summed E-state index contributed by atoms with van der Waals surface area (Å²) in [6, 6.07) is 2.77. The Kier molecular flexibility index (Phi) is 6.02. The van der Waals surface area contributed by atoms with Crippen LogP contribution in [0.4, 0.5) is 13.2 Å². The second-order valence-corrected chi connectivity index (χ2v) is 6.01. The molecule has 7 heteroatoms. The molecule has 1 aliphatic heterocycles. The van der Waals surface area contributed by atoms with Crippen LogP contribution in [0.2, 0.25) is 5.02 Å². The minimum atomic E-state index is -4.85. The third-order valence-corrected chi connectivity index (χ3v) is 3.80. The van der Waals surface area contributed by atoms with Gasteiger partial charge in [-0.25, -0.2) is 4.79 Å². The quantitative estimate of drug-likeness (QED) is 0.593. The highest BCUT2D eigenvalue weighted by atomic mass is 35.5. The maximum absolute atomic E-state index is 13.2. The Morgan fingerprint density at radius 2 is 2.08 bits per heavy atom. The summed E-state index contributed by atoms with van der Waals surface area (Å²) in [7, 11) is 0. The van der Waals surface area contributed by atoms with Crippen molar-refractivity contribution in [1.29, 1.82) is 0 Å². The lowest BCUT2D eigenvalue weighted by Gasteiger charge is -2.27. The van der Waals surface area contributed by atoms with Gasteiger partial charge in [-0.1, -0.05) is 43.2 Å². The van der Waals surface area contributed by atoms with E-state index in [-0.39, 0.29) is 21.9 Å². The zero-order chi connectivity index (χ0) is 18.6. The number of fused-ring (bicyclic) bond motifs is 1. The van der Waals surface area contributed by atoms with Crippen LogP contribution >= 0.6 is 11.6 Å². The maximum atomic E-state index is 13.2. The Hall–Kier alpha value is -2.13. The number of aliphatic carboxylic acids is 1. The van der Waals surface area contributed by atoms with Crippen molar-refractivity contribution in [3.8, 4) is 17.6 Å². The topological polar surface area (TPSA) is 46.5 Å². The fraction of sp³-hybridized carbons (Fsp3) is 0.389. The Morgan fingerprint density at radius 1 is 1.36 bits per heavy atom. The van der Waals surface area contributed by atoms with Crippen LogP contribution < -0.4 is 4.74 Å². The van der Waals surface area contributed by atoms with E-state index in [2.05, 4.69) is 18.8 Å². The van der Waals surface area contributed by atoms with Crippen molar-refractivity contribution >= 4 is 23.6 Å². The normalized spacial score (nSPS) is 16.2. The van der Waals surface area contributed by atoms with E-state index in [0.717, 1.165) is 25.3 Å². The van der Waals surface area contributed by atoms with Gasteiger partial charge in [-0.2, -0.15) is 13.2 Å². The van der Waals surface area contributed by atoms with Gasteiger partial charge >= 0.3 is 12.1 Å². The van der Waals surface area contributed by atoms with Crippen molar-refractivity contribution in [3.63, 3.8) is 0 Å². The van der Waals surface area contributed by atoms with E-state index < -0.39 is 23.8 Å². The lowest BCUT2D eigenvalue weighted by molar-refractivity contribution is -0.187. The van der Waals surface area contributed by atoms with E-state index in [4.69, 9.17) is 21.4 Å². The smallest absolute Gasteiger partial charge is 0.430 e. The highest BCUT2D eigenvalue weighted by molar-refractivity contribution is 6.31. The fourth-order valence-corrected chi connectivity index (χ4v) is 2.64. The Balaban J connectivity index is 2.44. The molecule has 1 aromatic rings. The third-order valence-electron chi connectivity index (χ3n) is 3.58. The SMILES string of the molecule is CCCCCC#Cc1cc(Cl)cc2c1O[C@H](C(F)(F)F)C(C(=O)O)=C2. The Labute approximate surface area is 148 Å². The summed E-state index contributed by atoms with van der Waals surface area (Å²) >= 11 is 5.98. The summed E-state index contributed by atoms with van der Waals surface area (Å²) in [5, 5.41) is 9.29. The summed E-state index contributed by atoms with van der Waals surface area (Å²) < 4.78 is 44.5. The van der Waals surface area contributed by atoms with Crippen LogP contribution in [0.3, 0.4) is 0 Å². The molecule has 3 nitrogen and oxygen atoms in total. The van der Waals surface area contributed by atoms with Gasteiger partial charge in [0.1, 0.15) is 5.75 Å². The van der Waals surface area contributed by atoms with Gasteiger partial charge in [-0.3, -0.25) is 0 Å². The third kappa shape index (κ3) is 4.70. The maximum Gasteiger partial charge on any atom is 0.430 e. The molecule has 0 fully saturated rings. The number of hydrogen-bond donors (Lipinski definition) is 1. The molecule has 0 saturated heterocycles. The first-order valence-corrected chi connectivity index (χ1v) is 8.12. The zero-order valence-electron chi connectivity index (χ0n) is 13.4. The number of halogens is 4. The molecule has 1 N–H and O–H groups in total. The van der Waals surface area contributed by atoms with Gasteiger partial charge in [0.15, 0.2) is 0 Å². The van der Waals surface area contributed by atoms with Gasteiger partial charge in [-0.05, 0) is 24.6 Å². The molecule has 2 rings (SSSR count). The molecule has 0 spiro atoms. The number of ether oxygens (including phenoxy) is 1. The number of carboxylic acid groups (broad SMARTS) is 1. The van der Waals surface area contributed by atoms with Crippen LogP contribution in [0.15, 0.2) is 17.7 Å². The molecule has 0 unspecified atom stereocenters. The first-order chi connectivity index (χ1) is 11.7. The second-order valence-electron chi connectivity index (χ2n) is 5.57. The number of carbonyl (C=O) groups is 1. The van der Waals surface area contributed by atoms with Crippen LogP contribution in [0.5, 0.6) is 5.75 Å². The first-order valence-electron chi connectivity index (χ1n) is 7.74. The number of alkyl halides is 3. The average molecular weight is 373 g/mol. The highest BCUT2D eigenvalue weighted by Crippen LogP contribution is 2.40. The second kappa shape index (κ2) is 7.83. The number of unbranched alkanes of at least 4 members (excludes halogenated alkanes) is 3. The molecule has 0 aliphatic carbocycles. The highest BCUT2D eigenvalue weighted by Gasteiger charge is 2.48. The molecule has 1 atom stereocenters. The van der Waals surface area contributed by atoms with E-state index in [0.29, 0.717) is 6.42 Å². The van der Waals surface area contributed by atoms with Gasteiger partial charge < -0.3 is 9.84 Å². The van der Waals surface area contributed by atoms with Gasteiger partial charge in [0.2, 0.25) is 6.10 Å². The van der Waals surface area contributed by atoms with Crippen LogP contribution in [0, 0.1) is 11.8 Å². The summed E-state index contributed by atoms with van der Waals surface area (Å²) in [4.78, 5) is 11.2. The summed E-state index contributed by atoms with van der Waals surface area (Å²) in [6.45, 7) is 2.05. The molecule has 134 valence electrons. The average Bonchev–Trinajstić information content (AvgIpc) is 2.52. The molecular weight excluding hydrogens is 357 g/mol. The number of carboxylic acids is 1. The predicted molar refractivity (Wildman–Crippen MR) is 88.6 cm³/mol.